The quantitative estimate of drug-likeness (QED) is 0.207. The number of rotatable bonds is 1. The Morgan fingerprint density at radius 3 is 2.56 bits per heavy atom. The lowest BCUT2D eigenvalue weighted by atomic mass is 9.84. The van der Waals surface area contributed by atoms with E-state index in [1.165, 1.54) is 61.0 Å². The number of hydrogen-bond acceptors (Lipinski definition) is 1. The second-order valence-corrected chi connectivity index (χ2v) is 12.0. The Labute approximate surface area is 246 Å². The third-order valence-corrected chi connectivity index (χ3v) is 10.0. The maximum atomic E-state index is 6.82. The summed E-state index contributed by atoms with van der Waals surface area (Å²) in [6.45, 7) is 4.54. The summed E-state index contributed by atoms with van der Waals surface area (Å²) in [6.07, 6.45) is 6.63. The Kier molecular flexibility index (Phi) is 3.61. The molecule has 3 aliphatic heterocycles. The average Bonchev–Trinajstić information content (AvgIpc) is 3.76. The van der Waals surface area contributed by atoms with Gasteiger partial charge >= 0.3 is 5.66 Å². The average molecular weight is 556 g/mol. The van der Waals surface area contributed by atoms with Crippen LogP contribution in [0.2, 0.25) is 0 Å². The van der Waals surface area contributed by atoms with Crippen LogP contribution >= 0.6 is 0 Å². The summed E-state index contributed by atoms with van der Waals surface area (Å²) in [6, 6.07) is 34.9. The van der Waals surface area contributed by atoms with Crippen LogP contribution < -0.4 is 14.0 Å². The molecule has 8 aromatic rings. The van der Waals surface area contributed by atoms with Crippen molar-refractivity contribution in [1.82, 2.24) is 13.6 Å². The predicted octanol–water partition coefficient (Wildman–Crippen LogP) is 6.72. The molecule has 0 saturated carbocycles. The van der Waals surface area contributed by atoms with Crippen molar-refractivity contribution < 1.29 is 14.0 Å². The van der Waals surface area contributed by atoms with Gasteiger partial charge in [-0.2, -0.15) is 9.13 Å². The first kappa shape index (κ1) is 22.0. The van der Waals surface area contributed by atoms with E-state index in [0.717, 1.165) is 23.0 Å². The van der Waals surface area contributed by atoms with Crippen LogP contribution in [0.1, 0.15) is 22.5 Å². The van der Waals surface area contributed by atoms with Gasteiger partial charge in [-0.15, -0.1) is 4.68 Å². The maximum Gasteiger partial charge on any atom is 0.397 e. The lowest BCUT2D eigenvalue weighted by molar-refractivity contribution is -0.995. The van der Waals surface area contributed by atoms with Crippen LogP contribution in [0.4, 0.5) is 0 Å². The summed E-state index contributed by atoms with van der Waals surface area (Å²) in [5.74, 6) is 2.94. The molecule has 1 spiro atoms. The molecule has 6 heteroatoms. The Morgan fingerprint density at radius 1 is 0.767 bits per heavy atom. The number of nitrogens with zero attached hydrogens (tertiary/aromatic N) is 5. The van der Waals surface area contributed by atoms with E-state index < -0.39 is 5.66 Å². The van der Waals surface area contributed by atoms with E-state index in [9.17, 15) is 0 Å². The molecule has 0 bridgehead atoms. The Balaban J connectivity index is 1.38. The molecular formula is C37H25N5O+2. The lowest BCUT2D eigenvalue weighted by Crippen LogP contribution is -2.77. The third-order valence-electron chi connectivity index (χ3n) is 10.0. The van der Waals surface area contributed by atoms with Crippen molar-refractivity contribution in [2.45, 2.75) is 19.5 Å². The number of para-hydroxylation sites is 1. The molecule has 0 amide bonds. The molecule has 0 saturated heterocycles. The fraction of sp³-hybridized carbons (Fsp3) is 0.0811. The van der Waals surface area contributed by atoms with Gasteiger partial charge in [0.2, 0.25) is 5.69 Å². The molecule has 3 aliphatic rings. The Hall–Kier alpha value is -5.62. The zero-order valence-electron chi connectivity index (χ0n) is 23.6. The van der Waals surface area contributed by atoms with Gasteiger partial charge < -0.3 is 9.14 Å². The largest absolute Gasteiger partial charge is 0.456 e. The number of benzene rings is 3. The number of pyridine rings is 2. The van der Waals surface area contributed by atoms with Gasteiger partial charge in [-0.05, 0) is 67.6 Å². The van der Waals surface area contributed by atoms with E-state index in [2.05, 4.69) is 152 Å². The third kappa shape index (κ3) is 2.25. The van der Waals surface area contributed by atoms with Gasteiger partial charge in [0.05, 0.1) is 17.5 Å². The highest BCUT2D eigenvalue weighted by atomic mass is 16.5. The molecule has 1 atom stereocenters. The summed E-state index contributed by atoms with van der Waals surface area (Å²) < 4.78 is 18.9. The monoisotopic (exact) mass is 555 g/mol. The zero-order chi connectivity index (χ0) is 28.2. The van der Waals surface area contributed by atoms with Crippen LogP contribution in [0.3, 0.4) is 0 Å². The SMILES string of the molecule is Cc1c(-c2cc3ccccn3c2)c(C)[n+]2n1-c1cccc3c1C21c2c(ccc4c5ccccc5n(c24)-c2cccc[n+]21)O3. The van der Waals surface area contributed by atoms with Crippen LogP contribution in [-0.4, -0.2) is 13.6 Å². The lowest BCUT2D eigenvalue weighted by Gasteiger charge is -2.33. The highest BCUT2D eigenvalue weighted by Gasteiger charge is 2.69. The van der Waals surface area contributed by atoms with Crippen molar-refractivity contribution in [3.63, 3.8) is 0 Å². The van der Waals surface area contributed by atoms with E-state index in [4.69, 9.17) is 4.74 Å². The van der Waals surface area contributed by atoms with Gasteiger partial charge in [-0.25, -0.2) is 0 Å². The normalized spacial score (nSPS) is 16.9. The molecule has 0 aliphatic carbocycles. The molecule has 43 heavy (non-hydrogen) atoms. The van der Waals surface area contributed by atoms with Crippen molar-refractivity contribution >= 4 is 27.3 Å². The number of ether oxygens (including phenoxy) is 1. The molecule has 8 heterocycles. The van der Waals surface area contributed by atoms with Gasteiger partial charge in [0, 0.05) is 47.2 Å². The Morgan fingerprint density at radius 2 is 1.63 bits per heavy atom. The summed E-state index contributed by atoms with van der Waals surface area (Å²) in [5, 5.41) is 2.49. The van der Waals surface area contributed by atoms with Gasteiger partial charge in [-0.3, -0.25) is 0 Å². The van der Waals surface area contributed by atoms with E-state index in [0.29, 0.717) is 0 Å². The maximum absolute atomic E-state index is 6.82. The van der Waals surface area contributed by atoms with E-state index in [1.54, 1.807) is 0 Å². The second kappa shape index (κ2) is 7.05. The van der Waals surface area contributed by atoms with Gasteiger partial charge in [-0.1, -0.05) is 35.0 Å². The highest BCUT2D eigenvalue weighted by Crippen LogP contribution is 2.56. The first-order chi connectivity index (χ1) is 21.2. The van der Waals surface area contributed by atoms with Crippen molar-refractivity contribution in [2.75, 3.05) is 0 Å². The van der Waals surface area contributed by atoms with E-state index in [1.807, 2.05) is 0 Å². The molecule has 0 N–H and O–H groups in total. The van der Waals surface area contributed by atoms with E-state index >= 15 is 0 Å². The van der Waals surface area contributed by atoms with Crippen LogP contribution in [0.25, 0.3) is 50.0 Å². The molecule has 0 fully saturated rings. The van der Waals surface area contributed by atoms with Crippen molar-refractivity contribution in [2.24, 2.45) is 0 Å². The summed E-state index contributed by atoms with van der Waals surface area (Å²) in [4.78, 5) is 0. The zero-order valence-corrected chi connectivity index (χ0v) is 23.6. The predicted molar refractivity (Wildman–Crippen MR) is 164 cm³/mol. The van der Waals surface area contributed by atoms with Gasteiger partial charge in [0.25, 0.3) is 5.82 Å². The molecule has 6 nitrogen and oxygen atoms in total. The van der Waals surface area contributed by atoms with Gasteiger partial charge in [0.15, 0.2) is 11.1 Å². The minimum Gasteiger partial charge on any atom is -0.456 e. The molecule has 0 radical (unpaired) electrons. The minimum atomic E-state index is -0.674. The number of fused-ring (bicyclic) bond motifs is 8. The molecule has 202 valence electrons. The molecule has 5 aromatic heterocycles. The smallest absolute Gasteiger partial charge is 0.397 e. The van der Waals surface area contributed by atoms with Crippen molar-refractivity contribution in [3.8, 4) is 34.1 Å². The first-order valence-corrected chi connectivity index (χ1v) is 14.8. The second-order valence-electron chi connectivity index (χ2n) is 12.0. The standard InChI is InChI=1S/C37H25N5O/c1-22-33(24-20-25-10-5-7-18-38(25)21-24)23(2)42-37-34-29(41(22)42)13-9-14-30(34)43-31-17-16-27-26-11-3-4-12-28(26)40(36(27)35(31)37)32-15-6-8-19-39(32)37/h3-21H,1-2H3/q+2. The van der Waals surface area contributed by atoms with Crippen LogP contribution in [0.15, 0.2) is 116 Å². The summed E-state index contributed by atoms with van der Waals surface area (Å²) in [7, 11) is 0. The molecule has 11 rings (SSSR count). The van der Waals surface area contributed by atoms with E-state index in [-0.39, 0.29) is 0 Å². The summed E-state index contributed by atoms with van der Waals surface area (Å²) >= 11 is 0. The topological polar surface area (TPSA) is 31.3 Å². The molecule has 3 aromatic carbocycles. The van der Waals surface area contributed by atoms with Crippen molar-refractivity contribution in [1.29, 1.82) is 0 Å². The first-order valence-electron chi connectivity index (χ1n) is 14.8. The van der Waals surface area contributed by atoms with Crippen molar-refractivity contribution in [3.05, 3.63) is 138 Å². The van der Waals surface area contributed by atoms with Crippen LogP contribution in [-0.2, 0) is 5.66 Å². The van der Waals surface area contributed by atoms with Crippen LogP contribution in [0, 0.1) is 13.8 Å². The Bertz CT molecular complexity index is 2550. The molecule has 1 unspecified atom stereocenters. The van der Waals surface area contributed by atoms with Crippen LogP contribution in [0.5, 0.6) is 11.5 Å². The van der Waals surface area contributed by atoms with Gasteiger partial charge in [0.1, 0.15) is 28.3 Å². The minimum absolute atomic E-state index is 0.674. The summed E-state index contributed by atoms with van der Waals surface area (Å²) in [5.41, 5.74) is 11.4. The number of aromatic nitrogens is 5. The fourth-order valence-corrected chi connectivity index (χ4v) is 8.58. The molecular weight excluding hydrogens is 530 g/mol. The number of hydrogen-bond donors (Lipinski definition) is 0. The fourth-order valence-electron chi connectivity index (χ4n) is 8.58. The highest BCUT2D eigenvalue weighted by molar-refractivity contribution is 6.11.